The van der Waals surface area contributed by atoms with E-state index in [1.165, 1.54) is 11.1 Å². The number of ether oxygens (including phenoxy) is 1. The van der Waals surface area contributed by atoms with Crippen LogP contribution in [0.1, 0.15) is 6.42 Å². The second-order valence-corrected chi connectivity index (χ2v) is 5.36. The monoisotopic (exact) mass is 284 g/mol. The van der Waals surface area contributed by atoms with Gasteiger partial charge in [0.25, 0.3) is 0 Å². The van der Waals surface area contributed by atoms with E-state index in [9.17, 15) is 0 Å². The van der Waals surface area contributed by atoms with Crippen LogP contribution in [-0.2, 0) is 0 Å². The van der Waals surface area contributed by atoms with Crippen LogP contribution >= 0.6 is 0 Å². The summed E-state index contributed by atoms with van der Waals surface area (Å²) in [5.74, 6) is 0.935. The van der Waals surface area contributed by atoms with Gasteiger partial charge in [0, 0.05) is 19.3 Å². The van der Waals surface area contributed by atoms with Crippen LogP contribution in [0.3, 0.4) is 0 Å². The summed E-state index contributed by atoms with van der Waals surface area (Å²) in [5.41, 5.74) is 3.55. The van der Waals surface area contributed by atoms with Crippen molar-refractivity contribution >= 4 is 5.69 Å². The Labute approximate surface area is 127 Å². The summed E-state index contributed by atoms with van der Waals surface area (Å²) >= 11 is 0. The molecular formula is C18H24N2O. The van der Waals surface area contributed by atoms with Crippen LogP contribution in [0.2, 0.25) is 0 Å². The Hall–Kier alpha value is -2.00. The smallest absolute Gasteiger partial charge is 0.119 e. The van der Waals surface area contributed by atoms with E-state index in [-0.39, 0.29) is 0 Å². The van der Waals surface area contributed by atoms with Crippen LogP contribution in [0.5, 0.6) is 5.75 Å². The molecule has 0 aliphatic rings. The SMILES string of the molecule is CNc1ccc(-c2ccc(OCCCN(C)C)cc2)cc1. The number of anilines is 1. The van der Waals surface area contributed by atoms with Crippen LogP contribution in [0.15, 0.2) is 48.5 Å². The Morgan fingerprint density at radius 1 is 0.905 bits per heavy atom. The van der Waals surface area contributed by atoms with Crippen molar-refractivity contribution in [2.24, 2.45) is 0 Å². The second-order valence-electron chi connectivity index (χ2n) is 5.36. The first-order valence-electron chi connectivity index (χ1n) is 7.35. The topological polar surface area (TPSA) is 24.5 Å². The van der Waals surface area contributed by atoms with Crippen molar-refractivity contribution in [3.05, 3.63) is 48.5 Å². The average molecular weight is 284 g/mol. The fourth-order valence-corrected chi connectivity index (χ4v) is 2.14. The van der Waals surface area contributed by atoms with Crippen LogP contribution in [0.25, 0.3) is 11.1 Å². The summed E-state index contributed by atoms with van der Waals surface area (Å²) in [4.78, 5) is 2.17. The largest absolute Gasteiger partial charge is 0.494 e. The van der Waals surface area contributed by atoms with Crippen LogP contribution < -0.4 is 10.1 Å². The molecule has 0 saturated heterocycles. The normalized spacial score (nSPS) is 10.7. The van der Waals surface area contributed by atoms with Crippen molar-refractivity contribution in [3.63, 3.8) is 0 Å². The lowest BCUT2D eigenvalue weighted by atomic mass is 10.1. The quantitative estimate of drug-likeness (QED) is 0.784. The zero-order valence-electron chi connectivity index (χ0n) is 13.1. The van der Waals surface area contributed by atoms with E-state index in [0.29, 0.717) is 0 Å². The molecule has 0 spiro atoms. The third-order valence-electron chi connectivity index (χ3n) is 3.38. The van der Waals surface area contributed by atoms with Gasteiger partial charge in [-0.3, -0.25) is 0 Å². The average Bonchev–Trinajstić information content (AvgIpc) is 2.52. The van der Waals surface area contributed by atoms with E-state index in [0.717, 1.165) is 31.0 Å². The van der Waals surface area contributed by atoms with Crippen LogP contribution in [-0.4, -0.2) is 39.2 Å². The minimum atomic E-state index is 0.758. The highest BCUT2D eigenvalue weighted by molar-refractivity contribution is 5.66. The van der Waals surface area contributed by atoms with E-state index < -0.39 is 0 Å². The molecule has 0 unspecified atom stereocenters. The predicted octanol–water partition coefficient (Wildman–Crippen LogP) is 3.73. The Bertz CT molecular complexity index is 532. The Balaban J connectivity index is 1.91. The molecule has 0 aromatic heterocycles. The summed E-state index contributed by atoms with van der Waals surface area (Å²) in [7, 11) is 6.08. The van der Waals surface area contributed by atoms with Crippen molar-refractivity contribution in [2.75, 3.05) is 39.6 Å². The van der Waals surface area contributed by atoms with Gasteiger partial charge in [-0.2, -0.15) is 0 Å². The highest BCUT2D eigenvalue weighted by atomic mass is 16.5. The molecule has 1 N–H and O–H groups in total. The maximum absolute atomic E-state index is 5.75. The fraction of sp³-hybridized carbons (Fsp3) is 0.333. The minimum Gasteiger partial charge on any atom is -0.494 e. The Morgan fingerprint density at radius 2 is 1.48 bits per heavy atom. The van der Waals surface area contributed by atoms with E-state index >= 15 is 0 Å². The summed E-state index contributed by atoms with van der Waals surface area (Å²) in [5, 5.41) is 3.13. The molecule has 0 saturated carbocycles. The van der Waals surface area contributed by atoms with Gasteiger partial charge in [-0.25, -0.2) is 0 Å². The molecule has 2 aromatic rings. The molecule has 3 nitrogen and oxygen atoms in total. The van der Waals surface area contributed by atoms with Gasteiger partial charge in [0.1, 0.15) is 5.75 Å². The lowest BCUT2D eigenvalue weighted by molar-refractivity contribution is 0.281. The minimum absolute atomic E-state index is 0.758. The maximum Gasteiger partial charge on any atom is 0.119 e. The number of hydrogen-bond acceptors (Lipinski definition) is 3. The van der Waals surface area contributed by atoms with Gasteiger partial charge in [0.05, 0.1) is 6.61 Å². The van der Waals surface area contributed by atoms with Gasteiger partial charge in [-0.05, 0) is 55.9 Å². The molecule has 0 bridgehead atoms. The van der Waals surface area contributed by atoms with Gasteiger partial charge in [0.15, 0.2) is 0 Å². The first-order chi connectivity index (χ1) is 10.2. The highest BCUT2D eigenvalue weighted by Gasteiger charge is 1.99. The molecule has 0 radical (unpaired) electrons. The standard InChI is InChI=1S/C18H24N2O/c1-19-17-9-5-15(6-10-17)16-7-11-18(12-8-16)21-14-4-13-20(2)3/h5-12,19H,4,13-14H2,1-3H3. The lowest BCUT2D eigenvalue weighted by Gasteiger charge is -2.11. The molecule has 2 aromatic carbocycles. The molecule has 0 fully saturated rings. The summed E-state index contributed by atoms with van der Waals surface area (Å²) in [6.07, 6.45) is 1.04. The Kier molecular flexibility index (Phi) is 5.64. The van der Waals surface area contributed by atoms with E-state index in [2.05, 4.69) is 60.7 Å². The van der Waals surface area contributed by atoms with Gasteiger partial charge < -0.3 is 15.0 Å². The first-order valence-corrected chi connectivity index (χ1v) is 7.35. The molecule has 0 atom stereocenters. The summed E-state index contributed by atoms with van der Waals surface area (Å²) in [6.45, 7) is 1.81. The highest BCUT2D eigenvalue weighted by Crippen LogP contribution is 2.23. The summed E-state index contributed by atoms with van der Waals surface area (Å²) < 4.78 is 5.75. The van der Waals surface area contributed by atoms with Crippen LogP contribution in [0, 0.1) is 0 Å². The maximum atomic E-state index is 5.75. The van der Waals surface area contributed by atoms with Gasteiger partial charge in [-0.15, -0.1) is 0 Å². The molecule has 0 aliphatic carbocycles. The third-order valence-corrected chi connectivity index (χ3v) is 3.38. The zero-order chi connectivity index (χ0) is 15.1. The van der Waals surface area contributed by atoms with Gasteiger partial charge >= 0.3 is 0 Å². The molecule has 2 rings (SSSR count). The second kappa shape index (κ2) is 7.70. The molecule has 21 heavy (non-hydrogen) atoms. The molecule has 0 aliphatic heterocycles. The van der Waals surface area contributed by atoms with Crippen molar-refractivity contribution in [1.29, 1.82) is 0 Å². The molecule has 0 amide bonds. The molecule has 112 valence electrons. The third kappa shape index (κ3) is 4.80. The zero-order valence-corrected chi connectivity index (χ0v) is 13.1. The first kappa shape index (κ1) is 15.4. The van der Waals surface area contributed by atoms with Crippen molar-refractivity contribution < 1.29 is 4.74 Å². The van der Waals surface area contributed by atoms with E-state index in [1.807, 2.05) is 19.2 Å². The number of nitrogens with zero attached hydrogens (tertiary/aromatic N) is 1. The fourth-order valence-electron chi connectivity index (χ4n) is 2.14. The van der Waals surface area contributed by atoms with Crippen molar-refractivity contribution in [2.45, 2.75) is 6.42 Å². The molecule has 0 heterocycles. The van der Waals surface area contributed by atoms with Crippen molar-refractivity contribution in [1.82, 2.24) is 4.90 Å². The molecular weight excluding hydrogens is 260 g/mol. The lowest BCUT2D eigenvalue weighted by Crippen LogP contribution is -2.15. The number of nitrogens with one attached hydrogen (secondary N) is 1. The number of hydrogen-bond donors (Lipinski definition) is 1. The molecule has 3 heteroatoms. The Morgan fingerprint density at radius 3 is 2.00 bits per heavy atom. The van der Waals surface area contributed by atoms with Crippen LogP contribution in [0.4, 0.5) is 5.69 Å². The van der Waals surface area contributed by atoms with E-state index in [1.54, 1.807) is 0 Å². The number of benzene rings is 2. The van der Waals surface area contributed by atoms with Gasteiger partial charge in [-0.1, -0.05) is 24.3 Å². The van der Waals surface area contributed by atoms with E-state index in [4.69, 9.17) is 4.74 Å². The summed E-state index contributed by atoms with van der Waals surface area (Å²) in [6, 6.07) is 16.7. The number of rotatable bonds is 7. The van der Waals surface area contributed by atoms with Gasteiger partial charge in [0.2, 0.25) is 0 Å². The van der Waals surface area contributed by atoms with Crippen molar-refractivity contribution in [3.8, 4) is 16.9 Å². The predicted molar refractivity (Wildman–Crippen MR) is 90.1 cm³/mol.